The first-order valence-corrected chi connectivity index (χ1v) is 11.5. The van der Waals surface area contributed by atoms with Crippen molar-refractivity contribution in [1.29, 1.82) is 0 Å². The van der Waals surface area contributed by atoms with Crippen LogP contribution in [0.4, 0.5) is 11.4 Å². The Balaban J connectivity index is 1.45. The van der Waals surface area contributed by atoms with Crippen LogP contribution in [0, 0.1) is 0 Å². The zero-order valence-electron chi connectivity index (χ0n) is 18.4. The van der Waals surface area contributed by atoms with Gasteiger partial charge in [-0.2, -0.15) is 0 Å². The summed E-state index contributed by atoms with van der Waals surface area (Å²) in [4.78, 5) is 40.1. The lowest BCUT2D eigenvalue weighted by molar-refractivity contribution is -0.139. The molecule has 3 aromatic rings. The third kappa shape index (κ3) is 4.93. The summed E-state index contributed by atoms with van der Waals surface area (Å²) in [5.74, 6) is -0.699. The first-order chi connectivity index (χ1) is 16.0. The van der Waals surface area contributed by atoms with E-state index in [0.717, 1.165) is 12.1 Å². The minimum absolute atomic E-state index is 0.0589. The van der Waals surface area contributed by atoms with Gasteiger partial charge in [0.15, 0.2) is 0 Å². The van der Waals surface area contributed by atoms with Crippen LogP contribution in [0.3, 0.4) is 0 Å². The van der Waals surface area contributed by atoms with E-state index in [1.54, 1.807) is 54.3 Å². The molecule has 4 rings (SSSR count). The maximum Gasteiger partial charge on any atom is 0.318 e. The quantitative estimate of drug-likeness (QED) is 0.423. The molecule has 1 atom stereocenters. The van der Waals surface area contributed by atoms with Crippen LogP contribution in [-0.4, -0.2) is 36.7 Å². The van der Waals surface area contributed by atoms with Gasteiger partial charge in [0, 0.05) is 28.4 Å². The number of anilines is 2. The molecule has 0 bridgehead atoms. The maximum absolute atomic E-state index is 13.0. The molecule has 1 unspecified atom stereocenters. The summed E-state index contributed by atoms with van der Waals surface area (Å²) in [5, 5.41) is 2.43. The number of fused-ring (bicyclic) bond motifs is 1. The molecule has 1 N–H and O–H groups in total. The maximum atomic E-state index is 13.0. The van der Waals surface area contributed by atoms with Crippen LogP contribution in [0.5, 0.6) is 0 Å². The van der Waals surface area contributed by atoms with Gasteiger partial charge in [0.25, 0.3) is 11.8 Å². The molecule has 0 aliphatic carbocycles. The molecule has 0 fully saturated rings. The van der Waals surface area contributed by atoms with Gasteiger partial charge in [-0.1, -0.05) is 30.3 Å². The fourth-order valence-corrected chi connectivity index (χ4v) is 4.78. The van der Waals surface area contributed by atoms with Crippen LogP contribution < -0.4 is 10.2 Å². The largest absolute Gasteiger partial charge is 0.468 e. The molecule has 7 heteroatoms. The number of rotatable bonds is 6. The summed E-state index contributed by atoms with van der Waals surface area (Å²) < 4.78 is 4.78. The first kappa shape index (κ1) is 22.6. The molecular weight excluding hydrogens is 436 g/mol. The normalized spacial score (nSPS) is 13.2. The summed E-state index contributed by atoms with van der Waals surface area (Å²) in [6.07, 6.45) is 0.849. The van der Waals surface area contributed by atoms with E-state index in [1.165, 1.54) is 24.4 Å². The van der Waals surface area contributed by atoms with E-state index in [4.69, 9.17) is 4.74 Å². The monoisotopic (exact) mass is 460 g/mol. The highest BCUT2D eigenvalue weighted by molar-refractivity contribution is 8.00. The number of ether oxygens (including phenoxy) is 1. The second-order valence-corrected chi connectivity index (χ2v) is 9.03. The van der Waals surface area contributed by atoms with E-state index in [2.05, 4.69) is 5.32 Å². The molecule has 1 aliphatic heterocycles. The van der Waals surface area contributed by atoms with Gasteiger partial charge >= 0.3 is 5.97 Å². The molecule has 0 aromatic heterocycles. The number of esters is 1. The van der Waals surface area contributed by atoms with Gasteiger partial charge in [-0.05, 0) is 61.4 Å². The molecular formula is C26H24N2O4S. The fraction of sp³-hybridized carbons (Fsp3) is 0.192. The minimum atomic E-state index is -0.440. The van der Waals surface area contributed by atoms with Crippen LogP contribution in [-0.2, 0) is 16.0 Å². The highest BCUT2D eigenvalue weighted by Crippen LogP contribution is 2.30. The molecule has 3 aromatic carbocycles. The van der Waals surface area contributed by atoms with Crippen LogP contribution in [0.15, 0.2) is 77.7 Å². The van der Waals surface area contributed by atoms with Crippen LogP contribution in [0.1, 0.15) is 33.2 Å². The Morgan fingerprint density at radius 1 is 0.970 bits per heavy atom. The number of amides is 2. The van der Waals surface area contributed by atoms with Gasteiger partial charge in [0.1, 0.15) is 5.25 Å². The van der Waals surface area contributed by atoms with Gasteiger partial charge < -0.3 is 15.0 Å². The summed E-state index contributed by atoms with van der Waals surface area (Å²) >= 11 is 1.27. The van der Waals surface area contributed by atoms with E-state index in [9.17, 15) is 14.4 Å². The zero-order valence-corrected chi connectivity index (χ0v) is 19.2. The van der Waals surface area contributed by atoms with E-state index >= 15 is 0 Å². The van der Waals surface area contributed by atoms with Crippen molar-refractivity contribution in [2.45, 2.75) is 23.5 Å². The van der Waals surface area contributed by atoms with Crippen molar-refractivity contribution in [2.75, 3.05) is 23.9 Å². The van der Waals surface area contributed by atoms with Gasteiger partial charge in [-0.15, -0.1) is 11.8 Å². The lowest BCUT2D eigenvalue weighted by Gasteiger charge is -2.17. The average Bonchev–Trinajstić information content (AvgIpc) is 3.28. The lowest BCUT2D eigenvalue weighted by Crippen LogP contribution is -2.28. The Kier molecular flexibility index (Phi) is 6.79. The zero-order chi connectivity index (χ0) is 23.4. The molecule has 168 valence electrons. The Labute approximate surface area is 196 Å². The molecule has 1 heterocycles. The average molecular weight is 461 g/mol. The van der Waals surface area contributed by atoms with Crippen molar-refractivity contribution in [2.24, 2.45) is 0 Å². The Morgan fingerprint density at radius 2 is 1.67 bits per heavy atom. The number of para-hydroxylation sites is 1. The molecule has 0 saturated heterocycles. The summed E-state index contributed by atoms with van der Waals surface area (Å²) in [5.41, 5.74) is 3.74. The SMILES string of the molecule is COC(=O)C(C)Sc1ccccc1C(=O)Nc1ccc(C(=O)N2CCc3ccccc32)cc1. The number of methoxy groups -OCH3 is 1. The number of benzene rings is 3. The molecule has 0 radical (unpaired) electrons. The summed E-state index contributed by atoms with van der Waals surface area (Å²) in [6.45, 7) is 2.40. The highest BCUT2D eigenvalue weighted by Gasteiger charge is 2.25. The number of nitrogens with one attached hydrogen (secondary N) is 1. The topological polar surface area (TPSA) is 75.7 Å². The smallest absolute Gasteiger partial charge is 0.318 e. The van der Waals surface area contributed by atoms with Gasteiger partial charge in [0.2, 0.25) is 0 Å². The number of hydrogen-bond donors (Lipinski definition) is 1. The lowest BCUT2D eigenvalue weighted by atomic mass is 10.1. The molecule has 0 saturated carbocycles. The van der Waals surface area contributed by atoms with Crippen molar-refractivity contribution < 1.29 is 19.1 Å². The van der Waals surface area contributed by atoms with Crippen molar-refractivity contribution in [3.63, 3.8) is 0 Å². The van der Waals surface area contributed by atoms with E-state index in [-0.39, 0.29) is 17.8 Å². The predicted molar refractivity (Wildman–Crippen MR) is 130 cm³/mol. The van der Waals surface area contributed by atoms with E-state index < -0.39 is 5.25 Å². The third-order valence-corrected chi connectivity index (χ3v) is 6.65. The van der Waals surface area contributed by atoms with Crippen molar-refractivity contribution in [1.82, 2.24) is 0 Å². The number of thioether (sulfide) groups is 1. The van der Waals surface area contributed by atoms with Crippen LogP contribution >= 0.6 is 11.8 Å². The Hall–Kier alpha value is -3.58. The van der Waals surface area contributed by atoms with Crippen molar-refractivity contribution >= 4 is 40.9 Å². The molecule has 2 amide bonds. The van der Waals surface area contributed by atoms with Gasteiger partial charge in [-0.25, -0.2) is 0 Å². The number of hydrogen-bond acceptors (Lipinski definition) is 5. The van der Waals surface area contributed by atoms with Gasteiger partial charge in [0.05, 0.1) is 12.7 Å². The second kappa shape index (κ2) is 9.92. The van der Waals surface area contributed by atoms with Crippen LogP contribution in [0.25, 0.3) is 0 Å². The van der Waals surface area contributed by atoms with E-state index in [0.29, 0.717) is 28.3 Å². The second-order valence-electron chi connectivity index (χ2n) is 7.65. The Morgan fingerprint density at radius 3 is 2.42 bits per heavy atom. The Bertz CT molecular complexity index is 1190. The molecule has 6 nitrogen and oxygen atoms in total. The summed E-state index contributed by atoms with van der Waals surface area (Å²) in [7, 11) is 1.34. The predicted octanol–water partition coefficient (Wildman–Crippen LogP) is 4.80. The highest BCUT2D eigenvalue weighted by atomic mass is 32.2. The van der Waals surface area contributed by atoms with Crippen molar-refractivity contribution in [3.05, 3.63) is 89.5 Å². The summed E-state index contributed by atoms with van der Waals surface area (Å²) in [6, 6.07) is 21.9. The third-order valence-electron chi connectivity index (χ3n) is 5.49. The fourth-order valence-electron chi connectivity index (χ4n) is 3.76. The molecule has 1 aliphatic rings. The molecule has 33 heavy (non-hydrogen) atoms. The number of carbonyl (C=O) groups excluding carboxylic acids is 3. The number of carbonyl (C=O) groups is 3. The first-order valence-electron chi connectivity index (χ1n) is 10.6. The van der Waals surface area contributed by atoms with Crippen LogP contribution in [0.2, 0.25) is 0 Å². The standard InChI is InChI=1S/C26H24N2O4S/c1-17(26(31)32-2)33-23-10-6-4-8-21(23)24(29)27-20-13-11-19(12-14-20)25(30)28-16-15-18-7-3-5-9-22(18)28/h3-14,17H,15-16H2,1-2H3,(H,27,29). The van der Waals surface area contributed by atoms with Gasteiger partial charge in [-0.3, -0.25) is 14.4 Å². The number of nitrogens with zero attached hydrogens (tertiary/aromatic N) is 1. The van der Waals surface area contributed by atoms with Crippen molar-refractivity contribution in [3.8, 4) is 0 Å². The van der Waals surface area contributed by atoms with E-state index in [1.807, 2.05) is 30.3 Å². The minimum Gasteiger partial charge on any atom is -0.468 e. The molecule has 0 spiro atoms.